The molecule has 0 saturated heterocycles. The van der Waals surface area contributed by atoms with Gasteiger partial charge in [0.05, 0.1) is 0 Å². The Labute approximate surface area is 292 Å². The molecule has 4 aliphatic carbocycles. The van der Waals surface area contributed by atoms with Gasteiger partial charge in [-0.25, -0.2) is 0 Å². The number of rotatable bonds is 16. The summed E-state index contributed by atoms with van der Waals surface area (Å²) in [6, 6.07) is 0. The van der Waals surface area contributed by atoms with Crippen molar-refractivity contribution < 1.29 is 106 Å². The Balaban J connectivity index is 2.68. The first-order valence-corrected chi connectivity index (χ1v) is 16.2. The maximum Gasteiger partial charge on any atom is 0.460 e. The zero-order chi connectivity index (χ0) is 42.6. The summed E-state index contributed by atoms with van der Waals surface area (Å²) in [5, 5.41) is 0. The highest BCUT2D eigenvalue weighted by Crippen LogP contribution is 2.79. The molecule has 4 saturated carbocycles. The Morgan fingerprint density at radius 3 is 1.19 bits per heavy atom. The average Bonchev–Trinajstić information content (AvgIpc) is 2.99. The molecule has 0 amide bonds. The van der Waals surface area contributed by atoms with Crippen molar-refractivity contribution in [2.45, 2.75) is 150 Å². The highest BCUT2D eigenvalue weighted by atomic mass is 19.4. The SMILES string of the molecule is CCCC(CC)C12CC3CC(C1)CC(C(OC(C)OC)(C(F)(F)C(F)(F)C(F)(F)C(F)(F)C(F)(F)F)C(F)(F)C(F)(F)C(F)(F)C(F)(F)C(F)(F)F)(C3)C2. The Kier molecular flexibility index (Phi) is 11.4. The second kappa shape index (κ2) is 13.2. The minimum absolute atomic E-state index is 0.000785. The van der Waals surface area contributed by atoms with E-state index in [-0.39, 0.29) is 52.6 Å². The van der Waals surface area contributed by atoms with E-state index in [2.05, 4.69) is 9.47 Å². The van der Waals surface area contributed by atoms with E-state index < -0.39 is 119 Å². The van der Waals surface area contributed by atoms with Crippen molar-refractivity contribution in [2.75, 3.05) is 7.11 Å². The first-order valence-electron chi connectivity index (χ1n) is 16.2. The minimum atomic E-state index is -8.75. The third-order valence-electron chi connectivity index (χ3n) is 11.5. The number of methoxy groups -OCH3 is 1. The predicted molar refractivity (Wildman–Crippen MR) is 140 cm³/mol. The lowest BCUT2D eigenvalue weighted by Gasteiger charge is -2.70. The van der Waals surface area contributed by atoms with E-state index in [0.717, 1.165) is 0 Å². The monoisotopic (exact) mass is 844 g/mol. The number of halogens is 22. The molecule has 0 aromatic rings. The molecule has 54 heavy (non-hydrogen) atoms. The molecule has 0 aliphatic heterocycles. The van der Waals surface area contributed by atoms with Gasteiger partial charge in [0.1, 0.15) is 0 Å². The van der Waals surface area contributed by atoms with Crippen molar-refractivity contribution in [3.05, 3.63) is 0 Å². The van der Waals surface area contributed by atoms with E-state index in [1.807, 2.05) is 0 Å². The molecule has 4 aliphatic rings. The van der Waals surface area contributed by atoms with Crippen LogP contribution in [0.2, 0.25) is 0 Å². The zero-order valence-corrected chi connectivity index (χ0v) is 28.3. The van der Waals surface area contributed by atoms with Gasteiger partial charge in [-0.05, 0) is 68.6 Å². The molecule has 0 aromatic carbocycles. The fourth-order valence-corrected chi connectivity index (χ4v) is 9.53. The largest absolute Gasteiger partial charge is 0.460 e. The third kappa shape index (κ3) is 5.81. The molecule has 4 fully saturated rings. The highest BCUT2D eigenvalue weighted by molar-refractivity contribution is 5.30. The number of hydrogen-bond donors (Lipinski definition) is 0. The van der Waals surface area contributed by atoms with Crippen molar-refractivity contribution in [1.29, 1.82) is 0 Å². The van der Waals surface area contributed by atoms with Gasteiger partial charge in [-0.3, -0.25) is 0 Å². The van der Waals surface area contributed by atoms with Gasteiger partial charge in [0.15, 0.2) is 6.29 Å². The summed E-state index contributed by atoms with van der Waals surface area (Å²) in [6.45, 7) is 2.93. The van der Waals surface area contributed by atoms with Crippen molar-refractivity contribution in [3.63, 3.8) is 0 Å². The van der Waals surface area contributed by atoms with Gasteiger partial charge >= 0.3 is 59.7 Å². The summed E-state index contributed by atoms with van der Waals surface area (Å²) < 4.78 is 333. The fraction of sp³-hybridized carbons (Fsp3) is 1.00. The highest BCUT2D eigenvalue weighted by Gasteiger charge is 3.00. The summed E-state index contributed by atoms with van der Waals surface area (Å²) in [5.74, 6) is -72.3. The minimum Gasteiger partial charge on any atom is -0.356 e. The van der Waals surface area contributed by atoms with Crippen LogP contribution >= 0.6 is 0 Å². The lowest BCUT2D eigenvalue weighted by molar-refractivity contribution is -0.505. The Morgan fingerprint density at radius 1 is 0.537 bits per heavy atom. The fourth-order valence-electron chi connectivity index (χ4n) is 9.53. The van der Waals surface area contributed by atoms with E-state index >= 15 is 35.1 Å². The van der Waals surface area contributed by atoms with Gasteiger partial charge in [-0.1, -0.05) is 33.1 Å². The lowest BCUT2D eigenvalue weighted by atomic mass is 9.37. The molecule has 0 aromatic heterocycles. The standard InChI is InChI=1S/C30H34F22O2/c1-5-7-17(6-2)18-9-15-8-16(10-18)12-19(11-15,13-18)20(54-14(3)53-4,21(31,32)23(35,36)25(39,40)27(43,44)29(47,48)49)22(33,34)24(37,38)26(41,42)28(45,46)30(50,51)52/h14-17H,5-13H2,1-4H3. The molecule has 0 heterocycles. The van der Waals surface area contributed by atoms with Crippen LogP contribution in [0.4, 0.5) is 96.6 Å². The molecule has 4 unspecified atom stereocenters. The predicted octanol–water partition coefficient (Wildman–Crippen LogP) is 12.4. The quantitative estimate of drug-likeness (QED) is 0.114. The second-order valence-corrected chi connectivity index (χ2v) is 14.7. The molecular weight excluding hydrogens is 810 g/mol. The van der Waals surface area contributed by atoms with E-state index in [4.69, 9.17) is 0 Å². The van der Waals surface area contributed by atoms with Crippen molar-refractivity contribution in [1.82, 2.24) is 0 Å². The first kappa shape index (κ1) is 46.8. The number of ether oxygens (including phenoxy) is 2. The zero-order valence-electron chi connectivity index (χ0n) is 28.3. The van der Waals surface area contributed by atoms with Crippen LogP contribution in [0.25, 0.3) is 0 Å². The van der Waals surface area contributed by atoms with Crippen LogP contribution in [0.3, 0.4) is 0 Å². The van der Waals surface area contributed by atoms with E-state index in [1.54, 1.807) is 0 Å². The Bertz CT molecular complexity index is 1280. The molecule has 320 valence electrons. The van der Waals surface area contributed by atoms with Crippen LogP contribution in [-0.2, 0) is 9.47 Å². The summed E-state index contributed by atoms with van der Waals surface area (Å²) >= 11 is 0. The Hall–Kier alpha value is -1.62. The lowest BCUT2D eigenvalue weighted by Crippen LogP contribution is -2.86. The molecule has 0 radical (unpaired) electrons. The number of hydrogen-bond acceptors (Lipinski definition) is 2. The molecule has 0 spiro atoms. The third-order valence-corrected chi connectivity index (χ3v) is 11.5. The van der Waals surface area contributed by atoms with Crippen LogP contribution in [0.15, 0.2) is 0 Å². The smallest absolute Gasteiger partial charge is 0.356 e. The van der Waals surface area contributed by atoms with Gasteiger partial charge in [0, 0.05) is 12.5 Å². The Morgan fingerprint density at radius 2 is 0.889 bits per heavy atom. The van der Waals surface area contributed by atoms with Crippen LogP contribution in [-0.4, -0.2) is 78.7 Å². The van der Waals surface area contributed by atoms with E-state index in [1.165, 1.54) is 13.8 Å². The second-order valence-electron chi connectivity index (χ2n) is 14.7. The number of alkyl halides is 22. The summed E-state index contributed by atoms with van der Waals surface area (Å²) in [6.07, 6.45) is -24.8. The molecule has 4 bridgehead atoms. The van der Waals surface area contributed by atoms with Crippen molar-refractivity contribution >= 4 is 0 Å². The van der Waals surface area contributed by atoms with E-state index in [9.17, 15) is 61.5 Å². The van der Waals surface area contributed by atoms with Crippen LogP contribution in [0.5, 0.6) is 0 Å². The van der Waals surface area contributed by atoms with E-state index in [0.29, 0.717) is 0 Å². The van der Waals surface area contributed by atoms with Gasteiger partial charge in [0.25, 0.3) is 0 Å². The molecule has 2 nitrogen and oxygen atoms in total. The average molecular weight is 845 g/mol. The summed E-state index contributed by atoms with van der Waals surface area (Å²) in [7, 11) is 0.191. The summed E-state index contributed by atoms with van der Waals surface area (Å²) in [4.78, 5) is 0. The first-order chi connectivity index (χ1) is 23.8. The molecule has 0 N–H and O–H groups in total. The van der Waals surface area contributed by atoms with Crippen LogP contribution in [0, 0.1) is 28.6 Å². The summed E-state index contributed by atoms with van der Waals surface area (Å²) in [5.41, 5.74) is -13.0. The van der Waals surface area contributed by atoms with Gasteiger partial charge in [-0.15, -0.1) is 0 Å². The van der Waals surface area contributed by atoms with Gasteiger partial charge in [0.2, 0.25) is 5.60 Å². The van der Waals surface area contributed by atoms with Gasteiger partial charge < -0.3 is 9.47 Å². The van der Waals surface area contributed by atoms with Crippen molar-refractivity contribution in [2.24, 2.45) is 28.6 Å². The maximum atomic E-state index is 16.9. The van der Waals surface area contributed by atoms with Crippen LogP contribution < -0.4 is 0 Å². The van der Waals surface area contributed by atoms with Crippen LogP contribution in [0.1, 0.15) is 78.6 Å². The maximum absolute atomic E-state index is 16.9. The van der Waals surface area contributed by atoms with Crippen molar-refractivity contribution in [3.8, 4) is 0 Å². The molecule has 4 atom stereocenters. The molecule has 24 heteroatoms. The van der Waals surface area contributed by atoms with Gasteiger partial charge in [-0.2, -0.15) is 96.6 Å². The molecular formula is C30H34F22O2. The molecule has 4 rings (SSSR count). The normalized spacial score (nSPS) is 28.1. The topological polar surface area (TPSA) is 18.5 Å².